The quantitative estimate of drug-likeness (QED) is 0.348. The number of hydrogen-bond acceptors (Lipinski definition) is 8. The van der Waals surface area contributed by atoms with Gasteiger partial charge in [-0.1, -0.05) is 12.2 Å². The van der Waals surface area contributed by atoms with E-state index in [9.17, 15) is 9.59 Å². The van der Waals surface area contributed by atoms with Gasteiger partial charge in [0.25, 0.3) is 0 Å². The number of rotatable bonds is 5. The standard InChI is InChI=1S/C11H18O4.C9H14O4.Li.H2O/c1-5-11(9(12)13-6-2)7-14-10(3,4)15-8-11;1-4-9(7(10)11)5-12-8(2,3)13-6-9;;/h5H,1,6-8H2,2-4H3;4H,1,5-6H2,2-3H3,(H,10,11);;1H2/q;;+1;/p-1. The molecule has 0 amide bonds. The summed E-state index contributed by atoms with van der Waals surface area (Å²) in [5, 5.41) is 8.93. The summed E-state index contributed by atoms with van der Waals surface area (Å²) in [5.41, 5.74) is -1.94. The predicted molar refractivity (Wildman–Crippen MR) is 103 cm³/mol. The molecular formula is C20H33LiO9. The van der Waals surface area contributed by atoms with Gasteiger partial charge < -0.3 is 34.3 Å². The fourth-order valence-corrected chi connectivity index (χ4v) is 2.30. The summed E-state index contributed by atoms with van der Waals surface area (Å²) in [6.45, 7) is 17.1. The molecule has 9 nitrogen and oxygen atoms in total. The zero-order valence-electron chi connectivity index (χ0n) is 18.9. The Morgan fingerprint density at radius 2 is 1.23 bits per heavy atom. The molecular weight excluding hydrogens is 391 g/mol. The molecule has 2 rings (SSSR count). The second-order valence-electron chi connectivity index (χ2n) is 7.70. The molecule has 2 aliphatic rings. The van der Waals surface area contributed by atoms with Crippen molar-refractivity contribution in [3.05, 3.63) is 25.3 Å². The number of aliphatic carboxylic acids is 1. The molecule has 2 aliphatic heterocycles. The maximum atomic E-state index is 11.7. The number of esters is 1. The van der Waals surface area contributed by atoms with Crippen molar-refractivity contribution in [3.63, 3.8) is 0 Å². The predicted octanol–water partition coefficient (Wildman–Crippen LogP) is -0.642. The Balaban J connectivity index is 0. The van der Waals surface area contributed by atoms with E-state index in [1.165, 1.54) is 6.08 Å². The smallest absolute Gasteiger partial charge is 0.870 e. The van der Waals surface area contributed by atoms with Crippen LogP contribution in [0, 0.1) is 10.8 Å². The molecule has 0 saturated carbocycles. The minimum absolute atomic E-state index is 0. The van der Waals surface area contributed by atoms with Gasteiger partial charge in [0.15, 0.2) is 11.6 Å². The fourth-order valence-electron chi connectivity index (χ4n) is 2.30. The zero-order valence-corrected chi connectivity index (χ0v) is 18.9. The molecule has 0 unspecified atom stereocenters. The number of hydrogen-bond donors (Lipinski definition) is 1. The van der Waals surface area contributed by atoms with Crippen LogP contribution in [-0.2, 0) is 33.3 Å². The summed E-state index contributed by atoms with van der Waals surface area (Å²) in [7, 11) is 0. The van der Waals surface area contributed by atoms with Crippen LogP contribution in [0.4, 0.5) is 0 Å². The van der Waals surface area contributed by atoms with Crippen LogP contribution >= 0.6 is 0 Å². The molecule has 168 valence electrons. The number of carbonyl (C=O) groups is 2. The molecule has 2 fully saturated rings. The minimum atomic E-state index is -1.09. The molecule has 30 heavy (non-hydrogen) atoms. The van der Waals surface area contributed by atoms with E-state index in [0.29, 0.717) is 6.61 Å². The van der Waals surface area contributed by atoms with E-state index in [4.69, 9.17) is 28.8 Å². The monoisotopic (exact) mass is 424 g/mol. The van der Waals surface area contributed by atoms with E-state index in [0.717, 1.165) is 0 Å². The largest absolute Gasteiger partial charge is 1.00 e. The van der Waals surface area contributed by atoms with Crippen LogP contribution in [-0.4, -0.2) is 67.1 Å². The average Bonchev–Trinajstić information content (AvgIpc) is 2.63. The van der Waals surface area contributed by atoms with E-state index in [2.05, 4.69) is 13.2 Å². The molecule has 0 aliphatic carbocycles. The van der Waals surface area contributed by atoms with Gasteiger partial charge in [-0.2, -0.15) is 0 Å². The SMILES string of the molecule is C=CC1(C(=O)O)COC(C)(C)OC1.C=CC1(C(=O)OCC)COC(C)(C)OC1.[Li+].[OH-]. The van der Waals surface area contributed by atoms with Crippen LogP contribution in [0.15, 0.2) is 25.3 Å². The Bertz CT molecular complexity index is 581. The molecule has 2 saturated heterocycles. The fraction of sp³-hybridized carbons (Fsp3) is 0.700. The van der Waals surface area contributed by atoms with Gasteiger partial charge >= 0.3 is 30.8 Å². The number of carboxylic acids is 1. The molecule has 0 atom stereocenters. The summed E-state index contributed by atoms with van der Waals surface area (Å²) in [6.07, 6.45) is 2.91. The van der Waals surface area contributed by atoms with Gasteiger partial charge in [-0.3, -0.25) is 9.59 Å². The Kier molecular flexibility index (Phi) is 12.4. The van der Waals surface area contributed by atoms with Crippen LogP contribution in [0.25, 0.3) is 0 Å². The first kappa shape index (κ1) is 31.0. The third-order valence-electron chi connectivity index (χ3n) is 4.60. The van der Waals surface area contributed by atoms with E-state index < -0.39 is 28.4 Å². The van der Waals surface area contributed by atoms with Crippen molar-refractivity contribution >= 4 is 11.9 Å². The maximum absolute atomic E-state index is 11.7. The Hall–Kier alpha value is -1.18. The van der Waals surface area contributed by atoms with Crippen LogP contribution < -0.4 is 18.9 Å². The first-order valence-corrected chi connectivity index (χ1v) is 9.11. The van der Waals surface area contributed by atoms with Gasteiger partial charge in [0, 0.05) is 0 Å². The summed E-state index contributed by atoms with van der Waals surface area (Å²) < 4.78 is 26.4. The van der Waals surface area contributed by atoms with Crippen molar-refractivity contribution < 1.29 is 62.7 Å². The average molecular weight is 424 g/mol. The summed E-state index contributed by atoms with van der Waals surface area (Å²) in [5.74, 6) is -2.63. The molecule has 0 aromatic heterocycles. The molecule has 0 bridgehead atoms. The zero-order chi connectivity index (χ0) is 21.6. The van der Waals surface area contributed by atoms with Gasteiger partial charge in [-0.25, -0.2) is 0 Å². The van der Waals surface area contributed by atoms with Crippen LogP contribution in [0.1, 0.15) is 34.6 Å². The molecule has 2 heterocycles. The van der Waals surface area contributed by atoms with Gasteiger partial charge in [-0.15, -0.1) is 13.2 Å². The van der Waals surface area contributed by atoms with E-state index in [1.54, 1.807) is 26.8 Å². The number of carbonyl (C=O) groups excluding carboxylic acids is 1. The van der Waals surface area contributed by atoms with Gasteiger partial charge in [-0.05, 0) is 34.6 Å². The van der Waals surface area contributed by atoms with Gasteiger partial charge in [0.1, 0.15) is 10.8 Å². The number of carboxylic acid groups (broad SMARTS) is 1. The second kappa shape index (κ2) is 12.0. The van der Waals surface area contributed by atoms with Crippen molar-refractivity contribution in [1.82, 2.24) is 0 Å². The number of ether oxygens (including phenoxy) is 5. The Labute approximate surface area is 190 Å². The van der Waals surface area contributed by atoms with Crippen molar-refractivity contribution in [2.75, 3.05) is 33.0 Å². The summed E-state index contributed by atoms with van der Waals surface area (Å²) in [6, 6.07) is 0. The molecule has 0 radical (unpaired) electrons. The Morgan fingerprint density at radius 3 is 1.50 bits per heavy atom. The van der Waals surface area contributed by atoms with E-state index in [-0.39, 0.29) is 56.7 Å². The van der Waals surface area contributed by atoms with Gasteiger partial charge in [0.05, 0.1) is 33.0 Å². The first-order chi connectivity index (χ1) is 12.9. The first-order valence-electron chi connectivity index (χ1n) is 9.11. The molecule has 0 spiro atoms. The third-order valence-corrected chi connectivity index (χ3v) is 4.60. The molecule has 0 aromatic rings. The summed E-state index contributed by atoms with van der Waals surface area (Å²) >= 11 is 0. The van der Waals surface area contributed by atoms with Gasteiger partial charge in [0.2, 0.25) is 0 Å². The van der Waals surface area contributed by atoms with E-state index in [1.807, 2.05) is 13.8 Å². The van der Waals surface area contributed by atoms with Crippen LogP contribution in [0.3, 0.4) is 0 Å². The van der Waals surface area contributed by atoms with Crippen LogP contribution in [0.2, 0.25) is 0 Å². The topological polar surface area (TPSA) is 131 Å². The summed E-state index contributed by atoms with van der Waals surface area (Å²) in [4.78, 5) is 22.6. The van der Waals surface area contributed by atoms with Crippen molar-refractivity contribution in [2.45, 2.75) is 46.2 Å². The minimum Gasteiger partial charge on any atom is -0.870 e. The van der Waals surface area contributed by atoms with Crippen LogP contribution in [0.5, 0.6) is 0 Å². The van der Waals surface area contributed by atoms with Crippen molar-refractivity contribution in [3.8, 4) is 0 Å². The third kappa shape index (κ3) is 7.82. The normalized spacial score (nSPS) is 22.4. The molecule has 0 aromatic carbocycles. The molecule has 10 heteroatoms. The maximum Gasteiger partial charge on any atom is 1.00 e. The molecule has 2 N–H and O–H groups in total. The van der Waals surface area contributed by atoms with Crippen molar-refractivity contribution in [2.24, 2.45) is 10.8 Å². The Morgan fingerprint density at radius 1 is 0.900 bits per heavy atom. The van der Waals surface area contributed by atoms with Crippen molar-refractivity contribution in [1.29, 1.82) is 0 Å². The van der Waals surface area contributed by atoms with E-state index >= 15 is 0 Å². The second-order valence-corrected chi connectivity index (χ2v) is 7.70.